The van der Waals surface area contributed by atoms with Crippen molar-refractivity contribution in [3.63, 3.8) is 0 Å². The first-order chi connectivity index (χ1) is 18.9. The number of fused-ring (bicyclic) bond motifs is 1. The number of amidine groups is 1. The SMILES string of the molecule is C=CC(=N)N1CCCC(n2nc(-c3ccc(CNC(=O)c4cccc(C#N)c4)c(F)c3)c3c(N)ncnc32)C1. The summed E-state index contributed by atoms with van der Waals surface area (Å²) in [5.41, 5.74) is 8.73. The van der Waals surface area contributed by atoms with Gasteiger partial charge in [0.05, 0.1) is 23.1 Å². The van der Waals surface area contributed by atoms with E-state index in [1.165, 1.54) is 24.5 Å². The number of amides is 1. The number of carbonyl (C=O) groups is 1. The second kappa shape index (κ2) is 10.7. The Morgan fingerprint density at radius 3 is 2.92 bits per heavy atom. The van der Waals surface area contributed by atoms with Crippen LogP contribution in [0.4, 0.5) is 10.2 Å². The normalized spacial score (nSPS) is 15.1. The molecule has 10 nitrogen and oxygen atoms in total. The summed E-state index contributed by atoms with van der Waals surface area (Å²) in [5, 5.41) is 25.2. The minimum absolute atomic E-state index is 0.0324. The summed E-state index contributed by atoms with van der Waals surface area (Å²) >= 11 is 0. The average molecular weight is 524 g/mol. The van der Waals surface area contributed by atoms with Crippen LogP contribution in [0, 0.1) is 22.6 Å². The lowest BCUT2D eigenvalue weighted by Gasteiger charge is -2.33. The highest BCUT2D eigenvalue weighted by atomic mass is 19.1. The fourth-order valence-corrected chi connectivity index (χ4v) is 4.80. The quantitative estimate of drug-likeness (QED) is 0.257. The number of carbonyl (C=O) groups excluding carboxylic acids is 1. The zero-order chi connectivity index (χ0) is 27.5. The molecule has 4 aromatic rings. The summed E-state index contributed by atoms with van der Waals surface area (Å²) in [7, 11) is 0. The molecule has 1 unspecified atom stereocenters. The molecule has 3 heterocycles. The highest BCUT2D eigenvalue weighted by molar-refractivity contribution is 5.98. The summed E-state index contributed by atoms with van der Waals surface area (Å²) in [6.07, 6.45) is 4.61. The number of hydrogen-bond donors (Lipinski definition) is 3. The maximum Gasteiger partial charge on any atom is 0.251 e. The Bertz CT molecular complexity index is 1640. The van der Waals surface area contributed by atoms with E-state index in [1.54, 1.807) is 35.0 Å². The molecule has 1 fully saturated rings. The summed E-state index contributed by atoms with van der Waals surface area (Å²) in [4.78, 5) is 23.0. The van der Waals surface area contributed by atoms with E-state index < -0.39 is 11.7 Å². The van der Waals surface area contributed by atoms with Crippen LogP contribution in [-0.2, 0) is 6.54 Å². The van der Waals surface area contributed by atoms with Crippen LogP contribution < -0.4 is 11.1 Å². The third-order valence-corrected chi connectivity index (χ3v) is 6.81. The van der Waals surface area contributed by atoms with Gasteiger partial charge in [-0.25, -0.2) is 19.0 Å². The number of nitrogens with two attached hydrogens (primary N) is 1. The van der Waals surface area contributed by atoms with Crippen molar-refractivity contribution < 1.29 is 9.18 Å². The molecular weight excluding hydrogens is 497 g/mol. The second-order valence-corrected chi connectivity index (χ2v) is 9.26. The fourth-order valence-electron chi connectivity index (χ4n) is 4.80. The number of nitriles is 1. The van der Waals surface area contributed by atoms with E-state index in [2.05, 4.69) is 21.9 Å². The fraction of sp³-hybridized carbons (Fsp3) is 0.214. The molecule has 2 aromatic carbocycles. The van der Waals surface area contributed by atoms with Crippen molar-refractivity contribution in [3.8, 4) is 17.3 Å². The van der Waals surface area contributed by atoms with Gasteiger partial charge in [0.25, 0.3) is 5.91 Å². The lowest BCUT2D eigenvalue weighted by atomic mass is 10.1. The van der Waals surface area contributed by atoms with Gasteiger partial charge in [-0.2, -0.15) is 10.4 Å². The zero-order valence-corrected chi connectivity index (χ0v) is 21.1. The minimum atomic E-state index is -0.514. The first kappa shape index (κ1) is 25.5. The Morgan fingerprint density at radius 1 is 1.31 bits per heavy atom. The van der Waals surface area contributed by atoms with E-state index in [4.69, 9.17) is 21.5 Å². The number of nitrogens with zero attached hydrogens (tertiary/aromatic N) is 6. The molecule has 1 amide bonds. The Labute approximate surface area is 224 Å². The van der Waals surface area contributed by atoms with Crippen LogP contribution in [0.2, 0.25) is 0 Å². The Kier molecular flexibility index (Phi) is 7.01. The van der Waals surface area contributed by atoms with E-state index in [0.717, 1.165) is 19.4 Å². The van der Waals surface area contributed by atoms with Crippen molar-refractivity contribution >= 4 is 28.6 Å². The van der Waals surface area contributed by atoms with Gasteiger partial charge in [0, 0.05) is 36.3 Å². The lowest BCUT2D eigenvalue weighted by molar-refractivity contribution is 0.0950. The molecule has 39 heavy (non-hydrogen) atoms. The number of piperidine rings is 1. The molecule has 0 spiro atoms. The van der Waals surface area contributed by atoms with Crippen LogP contribution in [0.25, 0.3) is 22.3 Å². The standard InChI is InChI=1S/C28H26FN9O/c1-2-23(31)37-10-4-7-21(15-37)38-27-24(26(32)34-16-35-27)25(36-38)18-8-9-20(22(29)12-18)14-33-28(39)19-6-3-5-17(11-19)13-30/h2-3,5-6,8-9,11-12,16,21,31H,1,4,7,10,14-15H2,(H,33,39)(H2,32,34,35). The average Bonchev–Trinajstić information content (AvgIpc) is 3.37. The van der Waals surface area contributed by atoms with Crippen LogP contribution in [-0.4, -0.2) is 49.5 Å². The van der Waals surface area contributed by atoms with Gasteiger partial charge in [0.1, 0.15) is 29.5 Å². The van der Waals surface area contributed by atoms with Crippen molar-refractivity contribution in [2.75, 3.05) is 18.8 Å². The number of aromatic nitrogens is 4. The predicted octanol–water partition coefficient (Wildman–Crippen LogP) is 3.82. The molecule has 5 rings (SSSR count). The molecule has 4 N–H and O–H groups in total. The van der Waals surface area contributed by atoms with E-state index in [0.29, 0.717) is 51.4 Å². The Balaban J connectivity index is 1.42. The Hall–Kier alpha value is -5.11. The molecule has 0 bridgehead atoms. The van der Waals surface area contributed by atoms with Gasteiger partial charge in [-0.15, -0.1) is 0 Å². The largest absolute Gasteiger partial charge is 0.383 e. The molecule has 1 aliphatic rings. The van der Waals surface area contributed by atoms with Crippen LogP contribution >= 0.6 is 0 Å². The topological polar surface area (TPSA) is 150 Å². The van der Waals surface area contributed by atoms with E-state index >= 15 is 4.39 Å². The monoisotopic (exact) mass is 523 g/mol. The lowest BCUT2D eigenvalue weighted by Crippen LogP contribution is -2.39. The number of likely N-dealkylation sites (tertiary alicyclic amines) is 1. The van der Waals surface area contributed by atoms with Crippen LogP contribution in [0.1, 0.15) is 40.4 Å². The zero-order valence-electron chi connectivity index (χ0n) is 21.1. The maximum absolute atomic E-state index is 15.2. The number of nitrogen functional groups attached to an aromatic ring is 1. The molecule has 196 valence electrons. The number of benzene rings is 2. The van der Waals surface area contributed by atoms with Crippen molar-refractivity contribution in [2.24, 2.45) is 0 Å². The van der Waals surface area contributed by atoms with Gasteiger partial charge in [-0.1, -0.05) is 24.8 Å². The molecule has 2 aromatic heterocycles. The van der Waals surface area contributed by atoms with E-state index in [1.807, 2.05) is 11.0 Å². The van der Waals surface area contributed by atoms with Crippen molar-refractivity contribution in [3.05, 3.63) is 84.0 Å². The van der Waals surface area contributed by atoms with Gasteiger partial charge < -0.3 is 16.0 Å². The molecule has 0 saturated carbocycles. The van der Waals surface area contributed by atoms with Crippen molar-refractivity contribution in [1.82, 2.24) is 30.0 Å². The number of anilines is 1. The predicted molar refractivity (Wildman–Crippen MR) is 145 cm³/mol. The molecular formula is C28H26FN9O. The molecule has 0 aliphatic carbocycles. The summed E-state index contributed by atoms with van der Waals surface area (Å²) in [6, 6.07) is 12.9. The van der Waals surface area contributed by atoms with Crippen molar-refractivity contribution in [2.45, 2.75) is 25.4 Å². The molecule has 0 radical (unpaired) electrons. The molecule has 1 aliphatic heterocycles. The highest BCUT2D eigenvalue weighted by Gasteiger charge is 2.27. The number of nitrogens with one attached hydrogen (secondary N) is 2. The Morgan fingerprint density at radius 2 is 2.15 bits per heavy atom. The number of halogens is 1. The molecule has 11 heteroatoms. The molecule has 1 atom stereocenters. The first-order valence-corrected chi connectivity index (χ1v) is 12.4. The maximum atomic E-state index is 15.2. The summed E-state index contributed by atoms with van der Waals surface area (Å²) in [6.45, 7) is 5.00. The van der Waals surface area contributed by atoms with Gasteiger partial charge in [0.15, 0.2) is 5.65 Å². The smallest absolute Gasteiger partial charge is 0.251 e. The van der Waals surface area contributed by atoms with Crippen LogP contribution in [0.3, 0.4) is 0 Å². The van der Waals surface area contributed by atoms with Gasteiger partial charge in [-0.3, -0.25) is 10.2 Å². The van der Waals surface area contributed by atoms with Gasteiger partial charge in [0.2, 0.25) is 0 Å². The summed E-state index contributed by atoms with van der Waals surface area (Å²) < 4.78 is 17.0. The summed E-state index contributed by atoms with van der Waals surface area (Å²) in [5.74, 6) is -0.326. The number of rotatable bonds is 6. The van der Waals surface area contributed by atoms with Gasteiger partial charge >= 0.3 is 0 Å². The second-order valence-electron chi connectivity index (χ2n) is 9.26. The van der Waals surface area contributed by atoms with E-state index in [-0.39, 0.29) is 18.4 Å². The van der Waals surface area contributed by atoms with Crippen LogP contribution in [0.15, 0.2) is 61.4 Å². The first-order valence-electron chi connectivity index (χ1n) is 12.4. The highest BCUT2D eigenvalue weighted by Crippen LogP contribution is 2.34. The molecule has 1 saturated heterocycles. The van der Waals surface area contributed by atoms with Gasteiger partial charge in [-0.05, 0) is 43.2 Å². The number of hydrogen-bond acceptors (Lipinski definition) is 7. The third kappa shape index (κ3) is 5.04. The minimum Gasteiger partial charge on any atom is -0.383 e. The third-order valence-electron chi connectivity index (χ3n) is 6.81. The van der Waals surface area contributed by atoms with Crippen LogP contribution in [0.5, 0.6) is 0 Å². The van der Waals surface area contributed by atoms with Crippen molar-refractivity contribution in [1.29, 1.82) is 10.7 Å². The van der Waals surface area contributed by atoms with E-state index in [9.17, 15) is 4.79 Å².